The molecule has 1 aliphatic heterocycles. The van der Waals surface area contributed by atoms with E-state index in [9.17, 15) is 0 Å². The lowest BCUT2D eigenvalue weighted by Crippen LogP contribution is -2.44. The molecule has 1 saturated heterocycles. The SMILES string of the molecule is C=C[C@@H](c1ccc(-c2ccccc2)cc1)N1CCNCC1. The summed E-state index contributed by atoms with van der Waals surface area (Å²) in [6.45, 7) is 8.32. The van der Waals surface area contributed by atoms with Crippen LogP contribution in [0.15, 0.2) is 67.3 Å². The molecule has 0 bridgehead atoms. The minimum absolute atomic E-state index is 0.317. The monoisotopic (exact) mass is 278 g/mol. The molecule has 0 unspecified atom stereocenters. The standard InChI is InChI=1S/C19H22N2/c1-2-19(21-14-12-20-13-15-21)18-10-8-17(9-11-18)16-6-4-3-5-7-16/h2-11,19-20H,1,12-15H2/t19-/m0/s1. The molecule has 0 aliphatic carbocycles. The highest BCUT2D eigenvalue weighted by Gasteiger charge is 2.19. The van der Waals surface area contributed by atoms with E-state index in [2.05, 4.69) is 77.5 Å². The lowest BCUT2D eigenvalue weighted by molar-refractivity contribution is 0.203. The van der Waals surface area contributed by atoms with Crippen molar-refractivity contribution in [1.29, 1.82) is 0 Å². The van der Waals surface area contributed by atoms with E-state index in [0.717, 1.165) is 26.2 Å². The highest BCUT2D eigenvalue weighted by molar-refractivity contribution is 5.63. The molecule has 0 saturated carbocycles. The fourth-order valence-electron chi connectivity index (χ4n) is 2.96. The molecule has 1 fully saturated rings. The van der Waals surface area contributed by atoms with Crippen LogP contribution < -0.4 is 5.32 Å². The summed E-state index contributed by atoms with van der Waals surface area (Å²) >= 11 is 0. The first-order chi connectivity index (χ1) is 10.4. The first-order valence-corrected chi connectivity index (χ1v) is 7.61. The number of piperazine rings is 1. The number of nitrogens with zero attached hydrogens (tertiary/aromatic N) is 1. The third-order valence-corrected chi connectivity index (χ3v) is 4.13. The minimum Gasteiger partial charge on any atom is -0.314 e. The van der Waals surface area contributed by atoms with Crippen LogP contribution in [0, 0.1) is 0 Å². The van der Waals surface area contributed by atoms with Crippen LogP contribution in [-0.2, 0) is 0 Å². The van der Waals surface area contributed by atoms with Gasteiger partial charge in [-0.05, 0) is 16.7 Å². The largest absolute Gasteiger partial charge is 0.314 e. The first-order valence-electron chi connectivity index (χ1n) is 7.61. The molecule has 1 atom stereocenters. The normalized spacial score (nSPS) is 17.3. The maximum Gasteiger partial charge on any atom is 0.0529 e. The predicted molar refractivity (Wildman–Crippen MR) is 89.3 cm³/mol. The van der Waals surface area contributed by atoms with Crippen molar-refractivity contribution < 1.29 is 0 Å². The molecule has 0 aromatic heterocycles. The summed E-state index contributed by atoms with van der Waals surface area (Å²) in [5.74, 6) is 0. The van der Waals surface area contributed by atoms with Gasteiger partial charge in [0.05, 0.1) is 6.04 Å². The van der Waals surface area contributed by atoms with Crippen LogP contribution in [0.3, 0.4) is 0 Å². The van der Waals surface area contributed by atoms with Crippen molar-refractivity contribution in [3.8, 4) is 11.1 Å². The van der Waals surface area contributed by atoms with Gasteiger partial charge in [-0.15, -0.1) is 6.58 Å². The Hall–Kier alpha value is -1.90. The summed E-state index contributed by atoms with van der Waals surface area (Å²) in [5, 5.41) is 3.40. The van der Waals surface area contributed by atoms with E-state index in [-0.39, 0.29) is 0 Å². The second kappa shape index (κ2) is 6.70. The summed E-state index contributed by atoms with van der Waals surface area (Å²) < 4.78 is 0. The van der Waals surface area contributed by atoms with Gasteiger partial charge in [0, 0.05) is 26.2 Å². The number of rotatable bonds is 4. The van der Waals surface area contributed by atoms with Crippen LogP contribution in [0.5, 0.6) is 0 Å². The maximum atomic E-state index is 4.03. The molecule has 2 aromatic carbocycles. The molecule has 108 valence electrons. The van der Waals surface area contributed by atoms with Crippen molar-refractivity contribution >= 4 is 0 Å². The zero-order valence-electron chi connectivity index (χ0n) is 12.3. The van der Waals surface area contributed by atoms with Crippen molar-refractivity contribution in [1.82, 2.24) is 10.2 Å². The van der Waals surface area contributed by atoms with Gasteiger partial charge in [0.25, 0.3) is 0 Å². The van der Waals surface area contributed by atoms with Crippen molar-refractivity contribution in [2.75, 3.05) is 26.2 Å². The Balaban J connectivity index is 1.80. The second-order valence-corrected chi connectivity index (χ2v) is 5.45. The van der Waals surface area contributed by atoms with E-state index >= 15 is 0 Å². The minimum atomic E-state index is 0.317. The topological polar surface area (TPSA) is 15.3 Å². The summed E-state index contributed by atoms with van der Waals surface area (Å²) in [6.07, 6.45) is 2.06. The van der Waals surface area contributed by atoms with Gasteiger partial charge in [-0.25, -0.2) is 0 Å². The number of hydrogen-bond acceptors (Lipinski definition) is 2. The third kappa shape index (κ3) is 3.23. The van der Waals surface area contributed by atoms with Crippen LogP contribution in [0.2, 0.25) is 0 Å². The van der Waals surface area contributed by atoms with Crippen LogP contribution >= 0.6 is 0 Å². The Morgan fingerprint density at radius 3 is 2.14 bits per heavy atom. The molecule has 1 heterocycles. The Morgan fingerprint density at radius 2 is 1.52 bits per heavy atom. The summed E-state index contributed by atoms with van der Waals surface area (Å²) in [4.78, 5) is 2.49. The fourth-order valence-corrected chi connectivity index (χ4v) is 2.96. The smallest absolute Gasteiger partial charge is 0.0529 e. The quantitative estimate of drug-likeness (QED) is 0.861. The first kappa shape index (κ1) is 14.1. The van der Waals surface area contributed by atoms with Crippen molar-refractivity contribution in [3.63, 3.8) is 0 Å². The zero-order chi connectivity index (χ0) is 14.5. The van der Waals surface area contributed by atoms with Crippen molar-refractivity contribution in [2.45, 2.75) is 6.04 Å². The number of hydrogen-bond donors (Lipinski definition) is 1. The Labute approximate surface area is 127 Å². The molecule has 21 heavy (non-hydrogen) atoms. The lowest BCUT2D eigenvalue weighted by Gasteiger charge is -2.33. The van der Waals surface area contributed by atoms with Crippen LogP contribution in [0.4, 0.5) is 0 Å². The summed E-state index contributed by atoms with van der Waals surface area (Å²) in [7, 11) is 0. The van der Waals surface area contributed by atoms with Crippen molar-refractivity contribution in [3.05, 3.63) is 72.8 Å². The number of benzene rings is 2. The van der Waals surface area contributed by atoms with E-state index < -0.39 is 0 Å². The molecule has 2 nitrogen and oxygen atoms in total. The van der Waals surface area contributed by atoms with Gasteiger partial charge in [-0.2, -0.15) is 0 Å². The Kier molecular flexibility index (Phi) is 4.49. The molecule has 2 aromatic rings. The van der Waals surface area contributed by atoms with E-state index in [0.29, 0.717) is 6.04 Å². The highest BCUT2D eigenvalue weighted by atomic mass is 15.2. The highest BCUT2D eigenvalue weighted by Crippen LogP contribution is 2.25. The molecular weight excluding hydrogens is 256 g/mol. The van der Waals surface area contributed by atoms with Gasteiger partial charge in [-0.3, -0.25) is 4.90 Å². The van der Waals surface area contributed by atoms with E-state index in [1.54, 1.807) is 0 Å². The average molecular weight is 278 g/mol. The molecule has 1 aliphatic rings. The lowest BCUT2D eigenvalue weighted by atomic mass is 9.99. The molecule has 3 rings (SSSR count). The van der Waals surface area contributed by atoms with E-state index in [1.165, 1.54) is 16.7 Å². The predicted octanol–water partition coefficient (Wildman–Crippen LogP) is 3.49. The average Bonchev–Trinajstić information content (AvgIpc) is 2.58. The van der Waals surface area contributed by atoms with Gasteiger partial charge in [0.2, 0.25) is 0 Å². The van der Waals surface area contributed by atoms with Gasteiger partial charge in [0.15, 0.2) is 0 Å². The number of nitrogens with one attached hydrogen (secondary N) is 1. The summed E-state index contributed by atoms with van der Waals surface area (Å²) in [5.41, 5.74) is 3.86. The zero-order valence-corrected chi connectivity index (χ0v) is 12.3. The molecule has 0 amide bonds. The van der Waals surface area contributed by atoms with Gasteiger partial charge >= 0.3 is 0 Å². The van der Waals surface area contributed by atoms with Crippen LogP contribution in [-0.4, -0.2) is 31.1 Å². The van der Waals surface area contributed by atoms with Gasteiger partial charge in [0.1, 0.15) is 0 Å². The summed E-state index contributed by atoms with van der Waals surface area (Å²) in [6, 6.07) is 19.7. The van der Waals surface area contributed by atoms with Gasteiger partial charge in [-0.1, -0.05) is 60.7 Å². The molecule has 0 radical (unpaired) electrons. The third-order valence-electron chi connectivity index (χ3n) is 4.13. The van der Waals surface area contributed by atoms with Crippen molar-refractivity contribution in [2.24, 2.45) is 0 Å². The van der Waals surface area contributed by atoms with Crippen LogP contribution in [0.25, 0.3) is 11.1 Å². The molecule has 1 N–H and O–H groups in total. The fraction of sp³-hybridized carbons (Fsp3) is 0.263. The molecule has 0 spiro atoms. The second-order valence-electron chi connectivity index (χ2n) is 5.45. The van der Waals surface area contributed by atoms with Gasteiger partial charge < -0.3 is 5.32 Å². The van der Waals surface area contributed by atoms with Crippen LogP contribution in [0.1, 0.15) is 11.6 Å². The Bertz CT molecular complexity index is 568. The van der Waals surface area contributed by atoms with E-state index in [1.807, 2.05) is 0 Å². The molecule has 2 heteroatoms. The molecular formula is C19H22N2. The Morgan fingerprint density at radius 1 is 0.905 bits per heavy atom. The maximum absolute atomic E-state index is 4.03. The van der Waals surface area contributed by atoms with E-state index in [4.69, 9.17) is 0 Å².